The highest BCUT2D eigenvalue weighted by Crippen LogP contribution is 2.19. The number of nitrogens with one attached hydrogen (secondary N) is 1. The number of phenolic OH excluding ortho intramolecular Hbond substituents is 1. The summed E-state index contributed by atoms with van der Waals surface area (Å²) in [6.07, 6.45) is 1.03. The van der Waals surface area contributed by atoms with Gasteiger partial charge >= 0.3 is 5.97 Å². The molecule has 0 aliphatic heterocycles. The molecule has 0 saturated carbocycles. The van der Waals surface area contributed by atoms with Crippen molar-refractivity contribution in [3.05, 3.63) is 23.8 Å². The third kappa shape index (κ3) is 5.58. The molecule has 0 unspecified atom stereocenters. The van der Waals surface area contributed by atoms with Crippen molar-refractivity contribution < 1.29 is 32.8 Å². The Morgan fingerprint density at radius 3 is 2.57 bits per heavy atom. The first-order valence-corrected chi connectivity index (χ1v) is 6.93. The van der Waals surface area contributed by atoms with Crippen molar-refractivity contribution in [2.24, 2.45) is 4.99 Å². The van der Waals surface area contributed by atoms with Gasteiger partial charge in [0, 0.05) is 11.8 Å². The molecule has 0 fully saturated rings. The first-order chi connectivity index (χ1) is 9.70. The number of amides is 1. The summed E-state index contributed by atoms with van der Waals surface area (Å²) in [6.45, 7) is -0.944. The van der Waals surface area contributed by atoms with Gasteiger partial charge in [-0.25, -0.2) is 0 Å². The molecule has 0 aliphatic rings. The minimum absolute atomic E-state index is 0.0174. The highest BCUT2D eigenvalue weighted by molar-refractivity contribution is 7.85. The first kappa shape index (κ1) is 16.6. The Morgan fingerprint density at radius 1 is 1.33 bits per heavy atom. The second-order valence-electron chi connectivity index (χ2n) is 3.84. The summed E-state index contributed by atoms with van der Waals surface area (Å²) in [7, 11) is -4.42. The number of carboxylic acid groups (broad SMARTS) is 1. The molecule has 21 heavy (non-hydrogen) atoms. The van der Waals surface area contributed by atoms with E-state index in [0.29, 0.717) is 0 Å². The second kappa shape index (κ2) is 6.81. The fourth-order valence-electron chi connectivity index (χ4n) is 1.25. The number of carboxylic acids is 1. The van der Waals surface area contributed by atoms with Crippen molar-refractivity contribution in [1.82, 2.24) is 5.32 Å². The van der Waals surface area contributed by atoms with Crippen LogP contribution in [0.4, 0.5) is 0 Å². The largest absolute Gasteiger partial charge is 0.507 e. The van der Waals surface area contributed by atoms with Crippen molar-refractivity contribution in [3.63, 3.8) is 0 Å². The molecular weight excluding hydrogens is 304 g/mol. The molecule has 1 aromatic rings. The minimum Gasteiger partial charge on any atom is -0.507 e. The number of hydrogen-bond acceptors (Lipinski definition) is 6. The van der Waals surface area contributed by atoms with Gasteiger partial charge in [0.1, 0.15) is 18.8 Å². The summed E-state index contributed by atoms with van der Waals surface area (Å²) in [5.41, 5.74) is -0.0174. The lowest BCUT2D eigenvalue weighted by Crippen LogP contribution is -2.30. The van der Waals surface area contributed by atoms with Gasteiger partial charge in [-0.3, -0.25) is 19.1 Å². The Labute approximate surface area is 119 Å². The molecular formula is C11H12N2O7S. The van der Waals surface area contributed by atoms with E-state index in [4.69, 9.17) is 9.66 Å². The molecule has 0 aromatic heterocycles. The number of aliphatic imine (C=N–C) groups is 1. The lowest BCUT2D eigenvalue weighted by atomic mass is 10.2. The Bertz CT molecular complexity index is 682. The summed E-state index contributed by atoms with van der Waals surface area (Å²) in [6, 6.07) is 3.03. The van der Waals surface area contributed by atoms with E-state index in [-0.39, 0.29) is 11.3 Å². The van der Waals surface area contributed by atoms with Gasteiger partial charge in [-0.1, -0.05) is 0 Å². The number of hydrogen-bond donors (Lipinski definition) is 4. The Kier molecular flexibility index (Phi) is 5.38. The fraction of sp³-hybridized carbons (Fsp3) is 0.182. The van der Waals surface area contributed by atoms with E-state index in [1.165, 1.54) is 0 Å². The predicted octanol–water partition coefficient (Wildman–Crippen LogP) is -0.741. The molecule has 1 amide bonds. The van der Waals surface area contributed by atoms with Crippen molar-refractivity contribution in [1.29, 1.82) is 0 Å². The van der Waals surface area contributed by atoms with Crippen molar-refractivity contribution in [3.8, 4) is 5.75 Å². The molecule has 0 saturated heterocycles. The second-order valence-corrected chi connectivity index (χ2v) is 5.26. The number of phenols is 1. The Hall–Kier alpha value is -2.46. The van der Waals surface area contributed by atoms with Crippen LogP contribution in [0.25, 0.3) is 0 Å². The zero-order valence-electron chi connectivity index (χ0n) is 10.6. The maximum Gasteiger partial charge on any atom is 0.322 e. The van der Waals surface area contributed by atoms with Gasteiger partial charge in [0.05, 0.1) is 4.90 Å². The standard InChI is InChI=1S/C11H12N2O7S/c14-9-2-1-8(21(18,19)20)3-7(9)4-12-5-10(15)13-6-11(16)17/h1-4,14H,5-6H2,(H,13,15)(H,16,17)(H,18,19,20). The van der Waals surface area contributed by atoms with Gasteiger partial charge in [0.15, 0.2) is 0 Å². The van der Waals surface area contributed by atoms with E-state index in [2.05, 4.69) is 10.3 Å². The highest BCUT2D eigenvalue weighted by atomic mass is 32.2. The third-order valence-corrected chi connectivity index (χ3v) is 3.05. The summed E-state index contributed by atoms with van der Waals surface area (Å²) in [4.78, 5) is 24.6. The highest BCUT2D eigenvalue weighted by Gasteiger charge is 2.11. The van der Waals surface area contributed by atoms with Gasteiger partial charge in [-0.05, 0) is 18.2 Å². The van der Waals surface area contributed by atoms with E-state index in [0.717, 1.165) is 24.4 Å². The SMILES string of the molecule is O=C(O)CNC(=O)CN=Cc1cc(S(=O)(=O)O)ccc1O. The minimum atomic E-state index is -4.42. The van der Waals surface area contributed by atoms with Crippen molar-refractivity contribution in [2.45, 2.75) is 4.90 Å². The third-order valence-electron chi connectivity index (χ3n) is 2.20. The van der Waals surface area contributed by atoms with Gasteiger partial charge < -0.3 is 15.5 Å². The molecule has 1 rings (SSSR count). The fourth-order valence-corrected chi connectivity index (χ4v) is 1.77. The maximum atomic E-state index is 11.2. The van der Waals surface area contributed by atoms with Crippen LogP contribution in [-0.4, -0.2) is 54.4 Å². The zero-order chi connectivity index (χ0) is 16.0. The molecule has 0 atom stereocenters. The molecule has 0 aliphatic carbocycles. The van der Waals surface area contributed by atoms with Gasteiger partial charge in [0.25, 0.3) is 10.1 Å². The number of rotatable bonds is 6. The summed E-state index contributed by atoms with van der Waals surface area (Å²) < 4.78 is 30.7. The molecule has 9 nitrogen and oxygen atoms in total. The predicted molar refractivity (Wildman–Crippen MR) is 71.0 cm³/mol. The van der Waals surface area contributed by atoms with Gasteiger partial charge in [-0.15, -0.1) is 0 Å². The van der Waals surface area contributed by atoms with Gasteiger partial charge in [0.2, 0.25) is 5.91 Å². The zero-order valence-corrected chi connectivity index (χ0v) is 11.4. The average molecular weight is 316 g/mol. The summed E-state index contributed by atoms with van der Waals surface area (Å²) in [5, 5.41) is 19.9. The van der Waals surface area contributed by atoms with Crippen LogP contribution in [-0.2, 0) is 19.7 Å². The van der Waals surface area contributed by atoms with E-state index < -0.39 is 40.0 Å². The number of carbonyl (C=O) groups excluding carboxylic acids is 1. The average Bonchev–Trinajstić information content (AvgIpc) is 2.37. The summed E-state index contributed by atoms with van der Waals surface area (Å²) >= 11 is 0. The molecule has 0 spiro atoms. The monoisotopic (exact) mass is 316 g/mol. The van der Waals surface area contributed by atoms with E-state index in [1.54, 1.807) is 0 Å². The van der Waals surface area contributed by atoms with E-state index in [1.807, 2.05) is 0 Å². The molecule has 1 aromatic carbocycles. The van der Waals surface area contributed by atoms with Crippen LogP contribution in [0.5, 0.6) is 5.75 Å². The topological polar surface area (TPSA) is 153 Å². The molecule has 10 heteroatoms. The number of aliphatic carboxylic acids is 1. The lowest BCUT2D eigenvalue weighted by Gasteiger charge is -2.02. The van der Waals surface area contributed by atoms with E-state index >= 15 is 0 Å². The summed E-state index contributed by atoms with van der Waals surface area (Å²) in [5.74, 6) is -2.15. The van der Waals surface area contributed by atoms with Crippen LogP contribution in [0.15, 0.2) is 28.1 Å². The molecule has 0 radical (unpaired) electrons. The first-order valence-electron chi connectivity index (χ1n) is 5.49. The van der Waals surface area contributed by atoms with E-state index in [9.17, 15) is 23.1 Å². The Balaban J connectivity index is 2.76. The quantitative estimate of drug-likeness (QED) is 0.398. The van der Waals surface area contributed by atoms with Crippen LogP contribution in [0.1, 0.15) is 5.56 Å². The van der Waals surface area contributed by atoms with Crippen molar-refractivity contribution >= 4 is 28.2 Å². The lowest BCUT2D eigenvalue weighted by molar-refractivity contribution is -0.137. The van der Waals surface area contributed by atoms with Crippen LogP contribution in [0.3, 0.4) is 0 Å². The Morgan fingerprint density at radius 2 is 2.00 bits per heavy atom. The number of carbonyl (C=O) groups is 2. The number of aromatic hydroxyl groups is 1. The van der Waals surface area contributed by atoms with Crippen LogP contribution >= 0.6 is 0 Å². The molecule has 0 heterocycles. The van der Waals surface area contributed by atoms with Gasteiger partial charge in [-0.2, -0.15) is 8.42 Å². The maximum absolute atomic E-state index is 11.2. The molecule has 0 bridgehead atoms. The molecule has 4 N–H and O–H groups in total. The van der Waals surface area contributed by atoms with Crippen LogP contribution in [0, 0.1) is 0 Å². The smallest absolute Gasteiger partial charge is 0.322 e. The normalized spacial score (nSPS) is 11.5. The van der Waals surface area contributed by atoms with Crippen LogP contribution < -0.4 is 5.32 Å². The molecule has 114 valence electrons. The van der Waals surface area contributed by atoms with Crippen LogP contribution in [0.2, 0.25) is 0 Å². The number of nitrogens with zero attached hydrogens (tertiary/aromatic N) is 1. The van der Waals surface area contributed by atoms with Crippen molar-refractivity contribution in [2.75, 3.05) is 13.1 Å². The number of benzene rings is 1.